The Hall–Kier alpha value is -1.09. The number of guanidine groups is 1. The summed E-state index contributed by atoms with van der Waals surface area (Å²) in [6, 6.07) is 4.65. The van der Waals surface area contributed by atoms with Crippen molar-refractivity contribution in [3.8, 4) is 5.88 Å². The quantitative estimate of drug-likeness (QED) is 0.352. The van der Waals surface area contributed by atoms with E-state index in [1.165, 1.54) is 32.2 Å². The molecule has 0 bridgehead atoms. The van der Waals surface area contributed by atoms with Crippen LogP contribution < -0.4 is 15.4 Å². The maximum Gasteiger partial charge on any atom is 0.218 e. The van der Waals surface area contributed by atoms with Gasteiger partial charge in [0.05, 0.1) is 0 Å². The van der Waals surface area contributed by atoms with Gasteiger partial charge in [0.15, 0.2) is 5.96 Å². The molecule has 1 aromatic rings. The van der Waals surface area contributed by atoms with Gasteiger partial charge >= 0.3 is 0 Å². The number of nitrogens with zero attached hydrogens (tertiary/aromatic N) is 3. The average Bonchev–Trinajstić information content (AvgIpc) is 3.34. The first kappa shape index (κ1) is 22.2. The Bertz CT molecular complexity index is 591. The van der Waals surface area contributed by atoms with Gasteiger partial charge in [-0.2, -0.15) is 0 Å². The zero-order valence-corrected chi connectivity index (χ0v) is 18.9. The molecule has 1 saturated heterocycles. The first-order chi connectivity index (χ1) is 12.8. The lowest BCUT2D eigenvalue weighted by Crippen LogP contribution is -2.44. The van der Waals surface area contributed by atoms with Crippen molar-refractivity contribution < 1.29 is 4.74 Å². The van der Waals surface area contributed by atoms with Crippen molar-refractivity contribution >= 4 is 29.9 Å². The van der Waals surface area contributed by atoms with Gasteiger partial charge in [0.25, 0.3) is 0 Å². The maximum absolute atomic E-state index is 6.12. The van der Waals surface area contributed by atoms with E-state index < -0.39 is 0 Å². The van der Waals surface area contributed by atoms with Crippen molar-refractivity contribution in [3.05, 3.63) is 23.9 Å². The van der Waals surface area contributed by atoms with Gasteiger partial charge in [0, 0.05) is 37.9 Å². The van der Waals surface area contributed by atoms with Crippen LogP contribution in [-0.2, 0) is 6.54 Å². The molecule has 1 unspecified atom stereocenters. The highest BCUT2D eigenvalue weighted by Crippen LogP contribution is 2.24. The molecule has 3 rings (SSSR count). The third kappa shape index (κ3) is 6.48. The van der Waals surface area contributed by atoms with Crippen molar-refractivity contribution in [1.29, 1.82) is 0 Å². The van der Waals surface area contributed by atoms with E-state index >= 15 is 0 Å². The van der Waals surface area contributed by atoms with Gasteiger partial charge < -0.3 is 15.4 Å². The van der Waals surface area contributed by atoms with Crippen molar-refractivity contribution in [2.75, 3.05) is 26.7 Å². The molecular formula is C20H34IN5O. The normalized spacial score (nSPS) is 21.1. The summed E-state index contributed by atoms with van der Waals surface area (Å²) in [6.45, 7) is 6.17. The van der Waals surface area contributed by atoms with Crippen LogP contribution in [0, 0.1) is 0 Å². The fourth-order valence-electron chi connectivity index (χ4n) is 3.99. The van der Waals surface area contributed by atoms with Gasteiger partial charge in [0.2, 0.25) is 5.88 Å². The van der Waals surface area contributed by atoms with E-state index in [1.807, 2.05) is 13.1 Å². The zero-order valence-electron chi connectivity index (χ0n) is 16.6. The maximum atomic E-state index is 6.12. The van der Waals surface area contributed by atoms with Crippen LogP contribution in [0.15, 0.2) is 23.3 Å². The average molecular weight is 487 g/mol. The smallest absolute Gasteiger partial charge is 0.218 e. The summed E-state index contributed by atoms with van der Waals surface area (Å²) in [6.07, 6.45) is 9.49. The molecule has 0 radical (unpaired) electrons. The lowest BCUT2D eigenvalue weighted by Gasteiger charge is -2.24. The first-order valence-corrected chi connectivity index (χ1v) is 10.1. The Kier molecular flexibility index (Phi) is 9.61. The fraction of sp³-hybridized carbons (Fsp3) is 0.700. The molecule has 0 spiro atoms. The second-order valence-electron chi connectivity index (χ2n) is 7.22. The minimum absolute atomic E-state index is 0. The van der Waals surface area contributed by atoms with Gasteiger partial charge in [-0.3, -0.25) is 9.89 Å². The Labute approximate surface area is 180 Å². The molecule has 152 valence electrons. The minimum atomic E-state index is 0. The number of nitrogens with one attached hydrogen (secondary N) is 2. The van der Waals surface area contributed by atoms with Gasteiger partial charge in [-0.05, 0) is 57.7 Å². The number of hydrogen-bond acceptors (Lipinski definition) is 4. The summed E-state index contributed by atoms with van der Waals surface area (Å²) in [5, 5.41) is 6.88. The molecule has 2 heterocycles. The number of rotatable bonds is 7. The second kappa shape index (κ2) is 11.7. The molecular weight excluding hydrogens is 453 g/mol. The van der Waals surface area contributed by atoms with Gasteiger partial charge in [-0.1, -0.05) is 13.0 Å². The number of likely N-dealkylation sites (tertiary alicyclic amines) is 1. The van der Waals surface area contributed by atoms with Crippen LogP contribution in [0.5, 0.6) is 5.88 Å². The van der Waals surface area contributed by atoms with E-state index in [1.54, 1.807) is 6.20 Å². The molecule has 0 amide bonds. The predicted molar refractivity (Wildman–Crippen MR) is 121 cm³/mol. The van der Waals surface area contributed by atoms with Crippen LogP contribution >= 0.6 is 24.0 Å². The van der Waals surface area contributed by atoms with Crippen LogP contribution in [0.3, 0.4) is 0 Å². The van der Waals surface area contributed by atoms with Gasteiger partial charge in [0.1, 0.15) is 6.10 Å². The Morgan fingerprint density at radius 2 is 2.07 bits per heavy atom. The summed E-state index contributed by atoms with van der Waals surface area (Å²) in [5.74, 6) is 1.60. The van der Waals surface area contributed by atoms with Crippen LogP contribution in [-0.4, -0.2) is 54.7 Å². The number of aromatic nitrogens is 1. The van der Waals surface area contributed by atoms with Crippen molar-refractivity contribution in [3.63, 3.8) is 0 Å². The van der Waals surface area contributed by atoms with Crippen molar-refractivity contribution in [1.82, 2.24) is 20.5 Å². The van der Waals surface area contributed by atoms with E-state index in [4.69, 9.17) is 4.74 Å². The third-order valence-electron chi connectivity index (χ3n) is 5.51. The second-order valence-corrected chi connectivity index (χ2v) is 7.22. The van der Waals surface area contributed by atoms with Crippen LogP contribution in [0.1, 0.15) is 51.0 Å². The molecule has 1 aliphatic carbocycles. The number of likely N-dealkylation sites (N-methyl/N-ethyl adjacent to an activating group) is 1. The predicted octanol–water partition coefficient (Wildman–Crippen LogP) is 3.17. The molecule has 6 nitrogen and oxygen atoms in total. The summed E-state index contributed by atoms with van der Waals surface area (Å²) in [4.78, 5) is 11.3. The minimum Gasteiger partial charge on any atom is -0.474 e. The first-order valence-electron chi connectivity index (χ1n) is 10.1. The number of hydrogen-bond donors (Lipinski definition) is 2. The standard InChI is InChI=1S/C20H33N5O.HI/c1-3-25-13-7-9-17(25)15-24-20(21-2)23-14-16-8-6-12-22-19(16)26-18-10-4-5-11-18;/h6,8,12,17-18H,3-5,7,9-11,13-15H2,1-2H3,(H2,21,23,24);1H. The highest BCUT2D eigenvalue weighted by atomic mass is 127. The number of halogens is 1. The molecule has 7 heteroatoms. The topological polar surface area (TPSA) is 61.8 Å². The van der Waals surface area contributed by atoms with Crippen LogP contribution in [0.25, 0.3) is 0 Å². The summed E-state index contributed by atoms with van der Waals surface area (Å²) < 4.78 is 6.12. The van der Waals surface area contributed by atoms with Crippen molar-refractivity contribution in [2.45, 2.75) is 64.1 Å². The number of ether oxygens (including phenoxy) is 1. The highest BCUT2D eigenvalue weighted by molar-refractivity contribution is 14.0. The molecule has 1 atom stereocenters. The molecule has 1 saturated carbocycles. The van der Waals surface area contributed by atoms with E-state index in [2.05, 4.69) is 38.5 Å². The summed E-state index contributed by atoms with van der Waals surface area (Å²) in [5.41, 5.74) is 1.08. The Morgan fingerprint density at radius 1 is 1.26 bits per heavy atom. The third-order valence-corrected chi connectivity index (χ3v) is 5.51. The Balaban J connectivity index is 0.00000261. The molecule has 1 aromatic heterocycles. The molecule has 1 aliphatic heterocycles. The van der Waals surface area contributed by atoms with Gasteiger partial charge in [-0.25, -0.2) is 4.98 Å². The lowest BCUT2D eigenvalue weighted by atomic mass is 10.2. The molecule has 2 N–H and O–H groups in total. The monoisotopic (exact) mass is 487 g/mol. The summed E-state index contributed by atoms with van der Waals surface area (Å²) >= 11 is 0. The van der Waals surface area contributed by atoms with E-state index in [0.29, 0.717) is 18.7 Å². The van der Waals surface area contributed by atoms with Gasteiger partial charge in [-0.15, -0.1) is 24.0 Å². The molecule has 2 fully saturated rings. The van der Waals surface area contributed by atoms with E-state index in [0.717, 1.165) is 43.3 Å². The number of pyridine rings is 1. The van der Waals surface area contributed by atoms with Crippen LogP contribution in [0.2, 0.25) is 0 Å². The van der Waals surface area contributed by atoms with E-state index in [9.17, 15) is 0 Å². The summed E-state index contributed by atoms with van der Waals surface area (Å²) in [7, 11) is 1.82. The van der Waals surface area contributed by atoms with Crippen LogP contribution in [0.4, 0.5) is 0 Å². The fourth-order valence-corrected chi connectivity index (χ4v) is 3.99. The van der Waals surface area contributed by atoms with Crippen molar-refractivity contribution in [2.24, 2.45) is 4.99 Å². The lowest BCUT2D eigenvalue weighted by molar-refractivity contribution is 0.199. The SMILES string of the molecule is CCN1CCCC1CNC(=NC)NCc1cccnc1OC1CCCC1.I. The largest absolute Gasteiger partial charge is 0.474 e. The highest BCUT2D eigenvalue weighted by Gasteiger charge is 2.23. The zero-order chi connectivity index (χ0) is 18.2. The molecule has 2 aliphatic rings. The molecule has 27 heavy (non-hydrogen) atoms. The number of aliphatic imine (C=N–C) groups is 1. The van der Waals surface area contributed by atoms with E-state index in [-0.39, 0.29) is 24.0 Å². The Morgan fingerprint density at radius 3 is 2.81 bits per heavy atom. The molecule has 0 aromatic carbocycles.